The van der Waals surface area contributed by atoms with Crippen LogP contribution < -0.4 is 4.90 Å². The number of aliphatic hydroxyl groups is 1. The molecule has 29 heavy (non-hydrogen) atoms. The van der Waals surface area contributed by atoms with Crippen molar-refractivity contribution in [1.29, 1.82) is 0 Å². The lowest BCUT2D eigenvalue weighted by atomic mass is 9.88. The van der Waals surface area contributed by atoms with Gasteiger partial charge in [0.25, 0.3) is 5.91 Å². The summed E-state index contributed by atoms with van der Waals surface area (Å²) in [4.78, 5) is 27.5. The Kier molecular flexibility index (Phi) is 4.94. The molecule has 6 heteroatoms. The molecule has 3 aromatic rings. The number of halogens is 2. The summed E-state index contributed by atoms with van der Waals surface area (Å²) >= 11 is 6.11. The second-order valence-corrected chi connectivity index (χ2v) is 7.38. The molecular weight excluding hydrogens is 393 g/mol. The van der Waals surface area contributed by atoms with E-state index < -0.39 is 23.7 Å². The first-order chi connectivity index (χ1) is 13.9. The van der Waals surface area contributed by atoms with Gasteiger partial charge < -0.3 is 10.0 Å². The van der Waals surface area contributed by atoms with E-state index in [0.29, 0.717) is 16.8 Å². The van der Waals surface area contributed by atoms with Gasteiger partial charge in [-0.05, 0) is 35.9 Å². The third-order valence-electron chi connectivity index (χ3n) is 5.08. The Hall–Kier alpha value is -3.02. The SMILES string of the molecule is O=C(CC1(O)C(=O)N(Cc2ccc(F)cc2)c2ccccc21)c1ccccc1Cl. The molecule has 0 fully saturated rings. The Morgan fingerprint density at radius 1 is 1.00 bits per heavy atom. The molecule has 146 valence electrons. The highest BCUT2D eigenvalue weighted by Crippen LogP contribution is 2.43. The second kappa shape index (κ2) is 7.43. The van der Waals surface area contributed by atoms with E-state index in [1.54, 1.807) is 60.7 Å². The quantitative estimate of drug-likeness (QED) is 0.632. The number of Topliss-reactive ketones (excluding diaryl/α,β-unsaturated/α-hetero) is 1. The molecular formula is C23H17ClFNO3. The molecule has 0 saturated carbocycles. The van der Waals surface area contributed by atoms with E-state index in [-0.39, 0.29) is 22.9 Å². The van der Waals surface area contributed by atoms with E-state index in [4.69, 9.17) is 11.6 Å². The number of ketones is 1. The predicted octanol–water partition coefficient (Wildman–Crippen LogP) is 4.49. The highest BCUT2D eigenvalue weighted by molar-refractivity contribution is 6.34. The topological polar surface area (TPSA) is 57.6 Å². The lowest BCUT2D eigenvalue weighted by Gasteiger charge is -2.23. The fourth-order valence-electron chi connectivity index (χ4n) is 3.62. The van der Waals surface area contributed by atoms with E-state index in [1.807, 2.05) is 0 Å². The van der Waals surface area contributed by atoms with E-state index >= 15 is 0 Å². The minimum Gasteiger partial charge on any atom is -0.375 e. The van der Waals surface area contributed by atoms with Gasteiger partial charge in [0, 0.05) is 11.1 Å². The molecule has 1 unspecified atom stereocenters. The standard InChI is InChI=1S/C23H17ClFNO3/c24-19-7-3-1-5-17(19)21(27)13-23(29)18-6-2-4-8-20(18)26(22(23)28)14-15-9-11-16(25)12-10-15/h1-12,29H,13-14H2. The fourth-order valence-corrected chi connectivity index (χ4v) is 3.86. The van der Waals surface area contributed by atoms with Crippen molar-refractivity contribution in [3.8, 4) is 0 Å². The Balaban J connectivity index is 1.69. The van der Waals surface area contributed by atoms with Gasteiger partial charge in [-0.25, -0.2) is 4.39 Å². The number of anilines is 1. The highest BCUT2D eigenvalue weighted by Gasteiger charge is 2.50. The maximum atomic E-state index is 13.2. The lowest BCUT2D eigenvalue weighted by molar-refractivity contribution is -0.136. The Morgan fingerprint density at radius 3 is 2.38 bits per heavy atom. The van der Waals surface area contributed by atoms with Crippen LogP contribution in [0.1, 0.15) is 27.9 Å². The zero-order valence-corrected chi connectivity index (χ0v) is 16.1. The van der Waals surface area contributed by atoms with Crippen molar-refractivity contribution < 1.29 is 19.1 Å². The summed E-state index contributed by atoms with van der Waals surface area (Å²) in [7, 11) is 0. The summed E-state index contributed by atoms with van der Waals surface area (Å²) in [6.07, 6.45) is -0.424. The Morgan fingerprint density at radius 2 is 1.66 bits per heavy atom. The van der Waals surface area contributed by atoms with Gasteiger partial charge in [-0.1, -0.05) is 54.1 Å². The molecule has 1 aliphatic rings. The van der Waals surface area contributed by atoms with Crippen LogP contribution in [0.5, 0.6) is 0 Å². The van der Waals surface area contributed by atoms with E-state index in [1.165, 1.54) is 17.0 Å². The van der Waals surface area contributed by atoms with Crippen molar-refractivity contribution in [2.24, 2.45) is 0 Å². The maximum Gasteiger partial charge on any atom is 0.264 e. The maximum absolute atomic E-state index is 13.2. The van der Waals surface area contributed by atoms with Crippen molar-refractivity contribution in [2.75, 3.05) is 4.90 Å². The highest BCUT2D eigenvalue weighted by atomic mass is 35.5. The summed E-state index contributed by atoms with van der Waals surface area (Å²) in [6.45, 7) is 0.152. The van der Waals surface area contributed by atoms with E-state index in [0.717, 1.165) is 0 Å². The number of nitrogens with zero attached hydrogens (tertiary/aromatic N) is 1. The normalized spacial score (nSPS) is 18.0. The molecule has 1 atom stereocenters. The molecule has 1 N–H and O–H groups in total. The number of rotatable bonds is 5. The molecule has 3 aromatic carbocycles. The van der Waals surface area contributed by atoms with E-state index in [2.05, 4.69) is 0 Å². The number of benzene rings is 3. The Labute approximate surface area is 172 Å². The minimum absolute atomic E-state index is 0.152. The zero-order valence-electron chi connectivity index (χ0n) is 15.3. The first-order valence-electron chi connectivity index (χ1n) is 9.06. The molecule has 1 heterocycles. The van der Waals surface area contributed by atoms with Crippen molar-refractivity contribution in [3.63, 3.8) is 0 Å². The third kappa shape index (κ3) is 3.43. The van der Waals surface area contributed by atoms with Crippen LogP contribution in [0.4, 0.5) is 10.1 Å². The van der Waals surface area contributed by atoms with Crippen LogP contribution in [0, 0.1) is 5.82 Å². The number of amides is 1. The molecule has 0 radical (unpaired) electrons. The fraction of sp³-hybridized carbons (Fsp3) is 0.130. The van der Waals surface area contributed by atoms with Gasteiger partial charge in [-0.3, -0.25) is 9.59 Å². The van der Waals surface area contributed by atoms with Crippen LogP contribution in [-0.2, 0) is 16.9 Å². The molecule has 0 spiro atoms. The zero-order chi connectivity index (χ0) is 20.6. The van der Waals surface area contributed by atoms with E-state index in [9.17, 15) is 19.1 Å². The van der Waals surface area contributed by atoms with Gasteiger partial charge in [0.05, 0.1) is 23.7 Å². The van der Waals surface area contributed by atoms with Crippen molar-refractivity contribution in [3.05, 3.63) is 100 Å². The average molecular weight is 410 g/mol. The van der Waals surface area contributed by atoms with Gasteiger partial charge in [0.15, 0.2) is 11.4 Å². The molecule has 4 rings (SSSR count). The first-order valence-corrected chi connectivity index (χ1v) is 9.44. The third-order valence-corrected chi connectivity index (χ3v) is 5.41. The minimum atomic E-state index is -1.99. The molecule has 0 saturated heterocycles. The van der Waals surface area contributed by atoms with Crippen molar-refractivity contribution in [1.82, 2.24) is 0 Å². The summed E-state index contributed by atoms with van der Waals surface area (Å²) in [6, 6.07) is 19.1. The van der Waals surface area contributed by atoms with Gasteiger partial charge in [0.2, 0.25) is 0 Å². The molecule has 0 bridgehead atoms. The van der Waals surface area contributed by atoms with Gasteiger partial charge in [-0.2, -0.15) is 0 Å². The van der Waals surface area contributed by atoms with Crippen LogP contribution in [0.25, 0.3) is 0 Å². The van der Waals surface area contributed by atoms with Crippen LogP contribution in [0.3, 0.4) is 0 Å². The van der Waals surface area contributed by atoms with Crippen LogP contribution in [0.15, 0.2) is 72.8 Å². The molecule has 1 amide bonds. The Bertz CT molecular complexity index is 1100. The summed E-state index contributed by atoms with van der Waals surface area (Å²) in [5, 5.41) is 11.6. The smallest absolute Gasteiger partial charge is 0.264 e. The number of fused-ring (bicyclic) bond motifs is 1. The summed E-state index contributed by atoms with van der Waals surface area (Å²) in [5.74, 6) is -1.39. The van der Waals surface area contributed by atoms with Crippen molar-refractivity contribution in [2.45, 2.75) is 18.6 Å². The first kappa shape index (κ1) is 19.3. The number of carbonyl (C=O) groups excluding carboxylic acids is 2. The summed E-state index contributed by atoms with van der Waals surface area (Å²) < 4.78 is 13.2. The van der Waals surface area contributed by atoms with Gasteiger partial charge in [-0.15, -0.1) is 0 Å². The lowest BCUT2D eigenvalue weighted by Crippen LogP contribution is -2.41. The molecule has 4 nitrogen and oxygen atoms in total. The second-order valence-electron chi connectivity index (χ2n) is 6.97. The van der Waals surface area contributed by atoms with Crippen LogP contribution in [0.2, 0.25) is 5.02 Å². The average Bonchev–Trinajstić information content (AvgIpc) is 2.92. The molecule has 1 aliphatic heterocycles. The summed E-state index contributed by atoms with van der Waals surface area (Å²) in [5.41, 5.74) is -0.141. The number of carbonyl (C=O) groups is 2. The number of hydrogen-bond acceptors (Lipinski definition) is 3. The largest absolute Gasteiger partial charge is 0.375 e. The van der Waals surface area contributed by atoms with Crippen molar-refractivity contribution >= 4 is 29.0 Å². The molecule has 0 aliphatic carbocycles. The number of hydrogen-bond donors (Lipinski definition) is 1. The van der Waals surface area contributed by atoms with Crippen LogP contribution in [-0.4, -0.2) is 16.8 Å². The predicted molar refractivity (Wildman–Crippen MR) is 108 cm³/mol. The van der Waals surface area contributed by atoms with Gasteiger partial charge >= 0.3 is 0 Å². The molecule has 0 aromatic heterocycles. The van der Waals surface area contributed by atoms with Crippen LogP contribution >= 0.6 is 11.6 Å². The number of para-hydroxylation sites is 1. The van der Waals surface area contributed by atoms with Gasteiger partial charge in [0.1, 0.15) is 5.82 Å². The monoisotopic (exact) mass is 409 g/mol.